The van der Waals surface area contributed by atoms with Crippen LogP contribution < -0.4 is 14.2 Å². The first kappa shape index (κ1) is 21.9. The van der Waals surface area contributed by atoms with Crippen molar-refractivity contribution in [3.63, 3.8) is 0 Å². The number of benzene rings is 3. The summed E-state index contributed by atoms with van der Waals surface area (Å²) < 4.78 is 22.5. The molecule has 1 N–H and O–H groups in total. The summed E-state index contributed by atoms with van der Waals surface area (Å²) in [5.41, 5.74) is 2.68. The second-order valence-corrected chi connectivity index (χ2v) is 7.20. The van der Waals surface area contributed by atoms with Crippen LogP contribution in [0.5, 0.6) is 17.2 Å². The molecule has 0 atom stereocenters. The minimum Gasteiger partial charge on any atom is -0.497 e. The second-order valence-electron chi connectivity index (χ2n) is 7.20. The molecular weight excluding hydrogens is 420 g/mol. The Hall–Kier alpha value is -4.32. The molecule has 4 aromatic rings. The Balaban J connectivity index is 2.04. The van der Waals surface area contributed by atoms with E-state index < -0.39 is 5.97 Å². The Morgan fingerprint density at radius 2 is 1.39 bits per heavy atom. The molecule has 0 spiro atoms. The molecular formula is C27H23O6+. The van der Waals surface area contributed by atoms with Crippen LogP contribution in [0.1, 0.15) is 10.4 Å². The second kappa shape index (κ2) is 9.44. The van der Waals surface area contributed by atoms with E-state index in [9.17, 15) is 9.90 Å². The lowest BCUT2D eigenvalue weighted by Crippen LogP contribution is -2.03. The van der Waals surface area contributed by atoms with Crippen molar-refractivity contribution in [3.8, 4) is 51.0 Å². The maximum atomic E-state index is 12.4. The first-order chi connectivity index (χ1) is 16.0. The molecule has 33 heavy (non-hydrogen) atoms. The third kappa shape index (κ3) is 4.36. The topological polar surface area (TPSA) is 76.3 Å². The van der Waals surface area contributed by atoms with Crippen LogP contribution in [-0.4, -0.2) is 32.4 Å². The highest BCUT2D eigenvalue weighted by Gasteiger charge is 2.31. The van der Waals surface area contributed by atoms with E-state index in [1.54, 1.807) is 51.7 Å². The molecule has 0 saturated carbocycles. The molecule has 3 aromatic carbocycles. The van der Waals surface area contributed by atoms with Gasteiger partial charge in [0.25, 0.3) is 0 Å². The van der Waals surface area contributed by atoms with Crippen LogP contribution >= 0.6 is 0 Å². The number of aromatic carboxylic acids is 1. The molecule has 0 aliphatic heterocycles. The van der Waals surface area contributed by atoms with Gasteiger partial charge >= 0.3 is 17.5 Å². The lowest BCUT2D eigenvalue weighted by Gasteiger charge is -2.10. The fourth-order valence-corrected chi connectivity index (χ4v) is 3.65. The molecule has 0 bridgehead atoms. The molecule has 0 aliphatic carbocycles. The third-order valence-electron chi connectivity index (χ3n) is 5.30. The van der Waals surface area contributed by atoms with Crippen molar-refractivity contribution in [1.29, 1.82) is 0 Å². The molecule has 4 rings (SSSR count). The predicted octanol–water partition coefficient (Wildman–Crippen LogP) is 6.29. The van der Waals surface area contributed by atoms with Gasteiger partial charge in [-0.25, -0.2) is 9.21 Å². The molecule has 0 unspecified atom stereocenters. The van der Waals surface area contributed by atoms with Crippen LogP contribution in [0.3, 0.4) is 0 Å². The highest BCUT2D eigenvalue weighted by Crippen LogP contribution is 2.41. The average molecular weight is 443 g/mol. The smallest absolute Gasteiger partial charge is 0.369 e. The van der Waals surface area contributed by atoms with Gasteiger partial charge in [-0.1, -0.05) is 30.3 Å². The van der Waals surface area contributed by atoms with Crippen LogP contribution in [0.25, 0.3) is 33.8 Å². The zero-order valence-corrected chi connectivity index (χ0v) is 18.5. The van der Waals surface area contributed by atoms with Gasteiger partial charge in [0.1, 0.15) is 11.3 Å². The summed E-state index contributed by atoms with van der Waals surface area (Å²) in [5, 5.41) is 10.1. The third-order valence-corrected chi connectivity index (χ3v) is 5.30. The highest BCUT2D eigenvalue weighted by atomic mass is 16.5. The van der Waals surface area contributed by atoms with Gasteiger partial charge in [-0.05, 0) is 42.0 Å². The van der Waals surface area contributed by atoms with E-state index >= 15 is 0 Å². The van der Waals surface area contributed by atoms with Crippen molar-refractivity contribution in [2.75, 3.05) is 21.3 Å². The number of hydrogen-bond acceptors (Lipinski definition) is 4. The minimum absolute atomic E-state index is 0.120. The van der Waals surface area contributed by atoms with E-state index in [1.807, 2.05) is 48.5 Å². The first-order valence-electron chi connectivity index (χ1n) is 10.2. The summed E-state index contributed by atoms with van der Waals surface area (Å²) in [6, 6.07) is 23.5. The van der Waals surface area contributed by atoms with Crippen molar-refractivity contribution < 1.29 is 28.5 Å². The van der Waals surface area contributed by atoms with Gasteiger partial charge in [0.05, 0.1) is 44.1 Å². The maximum absolute atomic E-state index is 12.4. The zero-order valence-electron chi connectivity index (χ0n) is 18.5. The normalized spacial score (nSPS) is 10.5. The molecule has 0 amide bonds. The van der Waals surface area contributed by atoms with Gasteiger partial charge in [0, 0.05) is 6.07 Å². The Labute approximate surface area is 191 Å². The van der Waals surface area contributed by atoms with Gasteiger partial charge in [0.2, 0.25) is 0 Å². The lowest BCUT2D eigenvalue weighted by molar-refractivity contribution is 0.0697. The molecule has 0 fully saturated rings. The van der Waals surface area contributed by atoms with Crippen LogP contribution in [0.4, 0.5) is 0 Å². The average Bonchev–Trinajstić information content (AvgIpc) is 2.88. The summed E-state index contributed by atoms with van der Waals surface area (Å²) in [6.07, 6.45) is 0. The zero-order chi connectivity index (χ0) is 23.4. The number of methoxy groups -OCH3 is 3. The lowest BCUT2D eigenvalue weighted by atomic mass is 9.94. The number of carboxylic acid groups (broad SMARTS) is 1. The molecule has 6 nitrogen and oxygen atoms in total. The van der Waals surface area contributed by atoms with E-state index in [1.165, 1.54) is 0 Å². The van der Waals surface area contributed by atoms with Gasteiger partial charge in [-0.15, -0.1) is 0 Å². The first-order valence-corrected chi connectivity index (χ1v) is 10.2. The Morgan fingerprint density at radius 1 is 0.727 bits per heavy atom. The van der Waals surface area contributed by atoms with E-state index in [0.717, 1.165) is 5.56 Å². The Bertz CT molecular complexity index is 1280. The van der Waals surface area contributed by atoms with Gasteiger partial charge in [-0.3, -0.25) is 0 Å². The standard InChI is InChI=1S/C27H22O6/c1-30-20-12-9-18(10-13-20)25-21(27(28)29)16-23(17-7-5-4-6-8-17)33-26(25)19-11-14-22(31-2)24(15-19)32-3/h4-16H,1-3H3/p+1. The fourth-order valence-electron chi connectivity index (χ4n) is 3.65. The molecule has 1 aromatic heterocycles. The van der Waals surface area contributed by atoms with Crippen LogP contribution in [0.2, 0.25) is 0 Å². The maximum Gasteiger partial charge on any atom is 0.369 e. The monoisotopic (exact) mass is 443 g/mol. The highest BCUT2D eigenvalue weighted by molar-refractivity contribution is 6.01. The van der Waals surface area contributed by atoms with Gasteiger partial charge in [-0.2, -0.15) is 0 Å². The van der Waals surface area contributed by atoms with Crippen molar-refractivity contribution in [2.24, 2.45) is 0 Å². The van der Waals surface area contributed by atoms with Crippen molar-refractivity contribution in [2.45, 2.75) is 0 Å². The summed E-state index contributed by atoms with van der Waals surface area (Å²) in [6.45, 7) is 0. The van der Waals surface area contributed by atoms with E-state index in [4.69, 9.17) is 18.6 Å². The molecule has 166 valence electrons. The number of carbonyl (C=O) groups is 1. The minimum atomic E-state index is -1.06. The Morgan fingerprint density at radius 3 is 2.00 bits per heavy atom. The quantitative estimate of drug-likeness (QED) is 0.339. The molecule has 6 heteroatoms. The van der Waals surface area contributed by atoms with Crippen LogP contribution in [0.15, 0.2) is 83.3 Å². The number of rotatable bonds is 7. The van der Waals surface area contributed by atoms with E-state index in [0.29, 0.717) is 45.5 Å². The number of carboxylic acids is 1. The summed E-state index contributed by atoms with van der Waals surface area (Å²) >= 11 is 0. The van der Waals surface area contributed by atoms with E-state index in [2.05, 4.69) is 0 Å². The molecule has 0 aliphatic rings. The number of ether oxygens (including phenoxy) is 3. The number of hydrogen-bond donors (Lipinski definition) is 1. The van der Waals surface area contributed by atoms with Crippen molar-refractivity contribution >= 4 is 5.97 Å². The van der Waals surface area contributed by atoms with E-state index in [-0.39, 0.29) is 5.56 Å². The van der Waals surface area contributed by atoms with Crippen LogP contribution in [0, 0.1) is 0 Å². The predicted molar refractivity (Wildman–Crippen MR) is 126 cm³/mol. The summed E-state index contributed by atoms with van der Waals surface area (Å²) in [5.74, 6) is 1.52. The summed E-state index contributed by atoms with van der Waals surface area (Å²) in [7, 11) is 4.69. The Kier molecular flexibility index (Phi) is 6.26. The summed E-state index contributed by atoms with van der Waals surface area (Å²) in [4.78, 5) is 12.4. The molecule has 0 saturated heterocycles. The SMILES string of the molecule is COc1ccc(-c2c(C(=O)O)cc(-c3ccccc3)[o+]c2-c2ccc(OC)c(OC)c2)cc1. The van der Waals surface area contributed by atoms with Gasteiger partial charge < -0.3 is 19.3 Å². The fraction of sp³-hybridized carbons (Fsp3) is 0.111. The van der Waals surface area contributed by atoms with Gasteiger partial charge in [0.15, 0.2) is 11.5 Å². The largest absolute Gasteiger partial charge is 0.497 e. The molecule has 0 radical (unpaired) electrons. The molecule has 1 heterocycles. The van der Waals surface area contributed by atoms with Crippen molar-refractivity contribution in [1.82, 2.24) is 0 Å². The van der Waals surface area contributed by atoms with Crippen LogP contribution in [-0.2, 0) is 0 Å². The van der Waals surface area contributed by atoms with Crippen molar-refractivity contribution in [3.05, 3.63) is 84.4 Å².